The van der Waals surface area contributed by atoms with Crippen LogP contribution in [0.1, 0.15) is 15.9 Å². The SMILES string of the molecule is COC(=O)c1cn(-c2cc(C)ccc2OC)cc2c(=O)n(-c3ccccc3)nc1-2. The van der Waals surface area contributed by atoms with E-state index in [0.29, 0.717) is 22.7 Å². The molecule has 0 N–H and O–H groups in total. The zero-order valence-electron chi connectivity index (χ0n) is 16.2. The van der Waals surface area contributed by atoms with Gasteiger partial charge in [-0.2, -0.15) is 9.78 Å². The van der Waals surface area contributed by atoms with Gasteiger partial charge < -0.3 is 14.0 Å². The lowest BCUT2D eigenvalue weighted by atomic mass is 10.1. The smallest absolute Gasteiger partial charge is 0.341 e. The summed E-state index contributed by atoms with van der Waals surface area (Å²) in [7, 11) is 2.87. The molecular weight excluding hydrogens is 370 g/mol. The highest BCUT2D eigenvalue weighted by Crippen LogP contribution is 2.29. The van der Waals surface area contributed by atoms with Crippen LogP contribution in [0.15, 0.2) is 65.7 Å². The number of nitrogens with zero attached hydrogens (tertiary/aromatic N) is 3. The number of methoxy groups -OCH3 is 2. The van der Waals surface area contributed by atoms with Crippen molar-refractivity contribution in [2.45, 2.75) is 6.92 Å². The number of hydrogen-bond acceptors (Lipinski definition) is 5. The normalized spacial score (nSPS) is 10.9. The van der Waals surface area contributed by atoms with Crippen LogP contribution in [0.3, 0.4) is 0 Å². The van der Waals surface area contributed by atoms with E-state index in [1.807, 2.05) is 43.3 Å². The maximum Gasteiger partial charge on any atom is 0.341 e. The number of carbonyl (C=O) groups excluding carboxylic acids is 1. The average Bonchev–Trinajstić information content (AvgIpc) is 3.09. The van der Waals surface area contributed by atoms with Crippen LogP contribution in [-0.4, -0.2) is 34.5 Å². The second kappa shape index (κ2) is 7.27. The molecule has 2 aliphatic rings. The number of fused-ring (bicyclic) bond motifs is 1. The maximum absolute atomic E-state index is 13.1. The lowest BCUT2D eigenvalue weighted by molar-refractivity contribution is 0.0600. The van der Waals surface area contributed by atoms with Gasteiger partial charge in [-0.15, -0.1) is 0 Å². The molecule has 0 amide bonds. The second-order valence-electron chi connectivity index (χ2n) is 6.56. The molecule has 7 nitrogen and oxygen atoms in total. The third-order valence-corrected chi connectivity index (χ3v) is 4.69. The molecule has 0 aromatic heterocycles. The molecule has 0 unspecified atom stereocenters. The fourth-order valence-corrected chi connectivity index (χ4v) is 3.25. The van der Waals surface area contributed by atoms with Gasteiger partial charge in [-0.05, 0) is 36.8 Å². The zero-order chi connectivity index (χ0) is 20.5. The van der Waals surface area contributed by atoms with Gasteiger partial charge in [0.1, 0.15) is 17.0 Å². The Morgan fingerprint density at radius 1 is 1.03 bits per heavy atom. The number of hydrogen-bond donors (Lipinski definition) is 0. The standard InChI is InChI=1S/C22H19N3O4/c1-14-9-10-19(28-2)18(11-14)24-12-16-20(17(13-24)22(27)29-3)23-25(21(16)26)15-7-5-4-6-8-15/h4-13H,1-3H3. The Morgan fingerprint density at radius 2 is 1.79 bits per heavy atom. The number of aryl methyl sites for hydroxylation is 1. The number of esters is 1. The third kappa shape index (κ3) is 3.16. The number of ether oxygens (including phenoxy) is 2. The van der Waals surface area contributed by atoms with Gasteiger partial charge in [0.15, 0.2) is 0 Å². The van der Waals surface area contributed by atoms with E-state index < -0.39 is 5.97 Å². The first-order valence-corrected chi connectivity index (χ1v) is 8.97. The number of para-hydroxylation sites is 1. The third-order valence-electron chi connectivity index (χ3n) is 4.69. The van der Waals surface area contributed by atoms with Gasteiger partial charge in [0.2, 0.25) is 0 Å². The molecule has 4 rings (SSSR count). The minimum absolute atomic E-state index is 0.195. The van der Waals surface area contributed by atoms with Crippen LogP contribution >= 0.6 is 0 Å². The topological polar surface area (TPSA) is 75.3 Å². The van der Waals surface area contributed by atoms with Crippen molar-refractivity contribution < 1.29 is 14.3 Å². The van der Waals surface area contributed by atoms with Crippen LogP contribution in [0.4, 0.5) is 0 Å². The van der Waals surface area contributed by atoms with E-state index in [2.05, 4.69) is 5.10 Å². The van der Waals surface area contributed by atoms with E-state index in [9.17, 15) is 9.59 Å². The summed E-state index contributed by atoms with van der Waals surface area (Å²) < 4.78 is 13.4. The Labute approximate surface area is 167 Å². The molecule has 2 aromatic carbocycles. The van der Waals surface area contributed by atoms with E-state index in [1.54, 1.807) is 36.2 Å². The van der Waals surface area contributed by atoms with Crippen molar-refractivity contribution in [3.8, 4) is 28.4 Å². The average molecular weight is 389 g/mol. The molecule has 146 valence electrons. The quantitative estimate of drug-likeness (QED) is 0.501. The summed E-state index contributed by atoms with van der Waals surface area (Å²) in [5.41, 5.74) is 2.79. The molecule has 29 heavy (non-hydrogen) atoms. The van der Waals surface area contributed by atoms with Crippen molar-refractivity contribution in [2.75, 3.05) is 14.2 Å². The lowest BCUT2D eigenvalue weighted by Gasteiger charge is -2.15. The molecular formula is C22H19N3O4. The fourth-order valence-electron chi connectivity index (χ4n) is 3.25. The molecule has 7 heteroatoms. The van der Waals surface area contributed by atoms with E-state index >= 15 is 0 Å². The highest BCUT2D eigenvalue weighted by Gasteiger charge is 2.25. The van der Waals surface area contributed by atoms with Crippen LogP contribution in [0.2, 0.25) is 0 Å². The number of pyridine rings is 1. The Bertz CT molecular complexity index is 1220. The van der Waals surface area contributed by atoms with Crippen molar-refractivity contribution in [3.05, 3.63) is 82.4 Å². The maximum atomic E-state index is 13.1. The minimum atomic E-state index is -0.575. The summed E-state index contributed by atoms with van der Waals surface area (Å²) in [6.45, 7) is 1.95. The summed E-state index contributed by atoms with van der Waals surface area (Å²) in [6, 6.07) is 14.7. The largest absolute Gasteiger partial charge is 0.495 e. The zero-order valence-corrected chi connectivity index (χ0v) is 16.2. The lowest BCUT2D eigenvalue weighted by Crippen LogP contribution is -2.15. The van der Waals surface area contributed by atoms with Crippen LogP contribution in [0.25, 0.3) is 22.6 Å². The molecule has 2 aliphatic heterocycles. The number of aromatic nitrogens is 3. The molecule has 0 atom stereocenters. The van der Waals surface area contributed by atoms with E-state index in [1.165, 1.54) is 11.8 Å². The molecule has 0 saturated carbocycles. The van der Waals surface area contributed by atoms with E-state index in [0.717, 1.165) is 5.56 Å². The van der Waals surface area contributed by atoms with Gasteiger partial charge in [-0.3, -0.25) is 4.79 Å². The molecule has 0 spiro atoms. The predicted octanol–water partition coefficient (Wildman–Crippen LogP) is 3.23. The molecule has 2 heterocycles. The minimum Gasteiger partial charge on any atom is -0.495 e. The van der Waals surface area contributed by atoms with Crippen molar-refractivity contribution in [1.82, 2.24) is 14.3 Å². The summed E-state index contributed by atoms with van der Waals surface area (Å²) >= 11 is 0. The predicted molar refractivity (Wildman–Crippen MR) is 108 cm³/mol. The van der Waals surface area contributed by atoms with Gasteiger partial charge in [0, 0.05) is 12.4 Å². The van der Waals surface area contributed by atoms with Crippen molar-refractivity contribution in [3.63, 3.8) is 0 Å². The molecule has 0 radical (unpaired) electrons. The number of benzene rings is 2. The first kappa shape index (κ1) is 18.5. The van der Waals surface area contributed by atoms with Crippen LogP contribution < -0.4 is 10.3 Å². The second-order valence-corrected chi connectivity index (χ2v) is 6.56. The molecule has 2 aromatic rings. The molecule has 0 fully saturated rings. The fraction of sp³-hybridized carbons (Fsp3) is 0.136. The summed E-state index contributed by atoms with van der Waals surface area (Å²) in [6.07, 6.45) is 3.26. The van der Waals surface area contributed by atoms with Gasteiger partial charge in [-0.25, -0.2) is 4.79 Å². The van der Waals surface area contributed by atoms with Crippen LogP contribution in [0.5, 0.6) is 5.75 Å². The van der Waals surface area contributed by atoms with Crippen molar-refractivity contribution >= 4 is 5.97 Å². The number of rotatable bonds is 4. The Morgan fingerprint density at radius 3 is 2.48 bits per heavy atom. The summed E-state index contributed by atoms with van der Waals surface area (Å²) in [5, 5.41) is 4.41. The molecule has 0 bridgehead atoms. The highest BCUT2D eigenvalue weighted by molar-refractivity contribution is 5.96. The van der Waals surface area contributed by atoms with Gasteiger partial charge in [0.25, 0.3) is 5.56 Å². The van der Waals surface area contributed by atoms with Crippen LogP contribution in [-0.2, 0) is 4.74 Å². The monoisotopic (exact) mass is 389 g/mol. The summed E-state index contributed by atoms with van der Waals surface area (Å²) in [5.74, 6) is 0.0346. The number of carbonyl (C=O) groups is 1. The van der Waals surface area contributed by atoms with Gasteiger partial charge in [-0.1, -0.05) is 24.3 Å². The van der Waals surface area contributed by atoms with Crippen LogP contribution in [0, 0.1) is 6.92 Å². The Kier molecular flexibility index (Phi) is 4.64. The Hall–Kier alpha value is -3.87. The first-order chi connectivity index (χ1) is 14.0. The molecule has 0 saturated heterocycles. The first-order valence-electron chi connectivity index (χ1n) is 8.97. The van der Waals surface area contributed by atoms with E-state index in [4.69, 9.17) is 9.47 Å². The van der Waals surface area contributed by atoms with Gasteiger partial charge >= 0.3 is 5.97 Å². The van der Waals surface area contributed by atoms with Crippen molar-refractivity contribution in [1.29, 1.82) is 0 Å². The van der Waals surface area contributed by atoms with Crippen molar-refractivity contribution in [2.24, 2.45) is 0 Å². The summed E-state index contributed by atoms with van der Waals surface area (Å²) in [4.78, 5) is 25.6. The van der Waals surface area contributed by atoms with E-state index in [-0.39, 0.29) is 16.8 Å². The highest BCUT2D eigenvalue weighted by atomic mass is 16.5. The van der Waals surface area contributed by atoms with Gasteiger partial charge in [0.05, 0.1) is 31.2 Å². The molecule has 0 aliphatic carbocycles. The Balaban J connectivity index is 2.03.